The maximum atomic E-state index is 11.9. The number of amides is 1. The van der Waals surface area contributed by atoms with Crippen molar-refractivity contribution in [3.63, 3.8) is 0 Å². The van der Waals surface area contributed by atoms with Gasteiger partial charge in [-0.25, -0.2) is 0 Å². The predicted octanol–water partition coefficient (Wildman–Crippen LogP) is 3.97. The molecule has 17 heavy (non-hydrogen) atoms. The molecule has 1 atom stereocenters. The Balaban J connectivity index is 3.73. The Bertz CT molecular complexity index is 191. The average molecular weight is 262 g/mol. The lowest BCUT2D eigenvalue weighted by Gasteiger charge is -2.15. The highest BCUT2D eigenvalue weighted by Crippen LogP contribution is 2.13. The van der Waals surface area contributed by atoms with Crippen LogP contribution in [0.25, 0.3) is 0 Å². The zero-order valence-corrected chi connectivity index (χ0v) is 12.4. The van der Waals surface area contributed by atoms with Crippen molar-refractivity contribution >= 4 is 17.5 Å². The van der Waals surface area contributed by atoms with Crippen molar-refractivity contribution in [3.8, 4) is 0 Å². The summed E-state index contributed by atoms with van der Waals surface area (Å²) in [6.07, 6.45) is 6.32. The lowest BCUT2D eigenvalue weighted by atomic mass is 9.97. The second-order valence-electron chi connectivity index (χ2n) is 4.97. The number of rotatable bonds is 10. The topological polar surface area (TPSA) is 29.1 Å². The van der Waals surface area contributed by atoms with Crippen LogP contribution in [0.1, 0.15) is 59.3 Å². The van der Waals surface area contributed by atoms with Gasteiger partial charge in [0.15, 0.2) is 0 Å². The quantitative estimate of drug-likeness (QED) is 0.468. The first-order chi connectivity index (χ1) is 8.15. The van der Waals surface area contributed by atoms with Gasteiger partial charge < -0.3 is 5.32 Å². The first-order valence-electron chi connectivity index (χ1n) is 6.99. The van der Waals surface area contributed by atoms with Crippen LogP contribution < -0.4 is 5.32 Å². The largest absolute Gasteiger partial charge is 0.356 e. The molecule has 0 saturated heterocycles. The molecular weight excluding hydrogens is 234 g/mol. The Morgan fingerprint density at radius 1 is 1.18 bits per heavy atom. The molecule has 3 heteroatoms. The zero-order chi connectivity index (χ0) is 13.1. The summed E-state index contributed by atoms with van der Waals surface area (Å²) in [6, 6.07) is 0. The first-order valence-corrected chi connectivity index (χ1v) is 7.52. The lowest BCUT2D eigenvalue weighted by molar-refractivity contribution is -0.125. The summed E-state index contributed by atoms with van der Waals surface area (Å²) in [5.41, 5.74) is 0. The Kier molecular flexibility index (Phi) is 10.7. The third-order valence-electron chi connectivity index (χ3n) is 3.08. The summed E-state index contributed by atoms with van der Waals surface area (Å²) < 4.78 is 0. The molecule has 0 aromatic heterocycles. The van der Waals surface area contributed by atoms with Crippen LogP contribution in [0, 0.1) is 11.8 Å². The Morgan fingerprint density at radius 3 is 2.24 bits per heavy atom. The van der Waals surface area contributed by atoms with Gasteiger partial charge in [0.25, 0.3) is 0 Å². The molecule has 2 nitrogen and oxygen atoms in total. The van der Waals surface area contributed by atoms with E-state index in [2.05, 4.69) is 26.1 Å². The summed E-state index contributed by atoms with van der Waals surface area (Å²) in [7, 11) is 0. The van der Waals surface area contributed by atoms with Crippen molar-refractivity contribution in [1.29, 1.82) is 0 Å². The minimum atomic E-state index is 0.218. The van der Waals surface area contributed by atoms with Gasteiger partial charge in [-0.1, -0.05) is 33.6 Å². The van der Waals surface area contributed by atoms with E-state index < -0.39 is 0 Å². The number of carbonyl (C=O) groups excluding carboxylic acids is 1. The third kappa shape index (κ3) is 8.48. The Labute approximate surface area is 111 Å². The molecule has 0 radical (unpaired) electrons. The molecule has 1 N–H and O–H groups in total. The molecule has 0 fully saturated rings. The summed E-state index contributed by atoms with van der Waals surface area (Å²) in [5.74, 6) is 1.72. The molecule has 102 valence electrons. The summed E-state index contributed by atoms with van der Waals surface area (Å²) in [5, 5.41) is 3.05. The zero-order valence-electron chi connectivity index (χ0n) is 11.6. The van der Waals surface area contributed by atoms with E-state index in [1.165, 1.54) is 0 Å². The molecule has 0 aliphatic heterocycles. The molecule has 0 heterocycles. The van der Waals surface area contributed by atoms with Crippen LogP contribution in [0.4, 0.5) is 0 Å². The van der Waals surface area contributed by atoms with Crippen molar-refractivity contribution in [2.75, 3.05) is 12.4 Å². The van der Waals surface area contributed by atoms with Gasteiger partial charge in [-0.3, -0.25) is 4.79 Å². The molecule has 0 aromatic carbocycles. The lowest BCUT2D eigenvalue weighted by Crippen LogP contribution is -2.31. The molecule has 0 spiro atoms. The van der Waals surface area contributed by atoms with E-state index in [1.54, 1.807) is 0 Å². The normalized spacial score (nSPS) is 12.8. The highest BCUT2D eigenvalue weighted by Gasteiger charge is 2.15. The van der Waals surface area contributed by atoms with Gasteiger partial charge in [-0.15, -0.1) is 11.6 Å². The molecule has 0 aliphatic carbocycles. The number of nitrogens with one attached hydrogen (secondary N) is 1. The van der Waals surface area contributed by atoms with Gasteiger partial charge in [-0.05, 0) is 31.6 Å². The van der Waals surface area contributed by atoms with Crippen molar-refractivity contribution < 1.29 is 4.79 Å². The Morgan fingerprint density at radius 2 is 1.76 bits per heavy atom. The fraction of sp³-hybridized carbons (Fsp3) is 0.929. The fourth-order valence-corrected chi connectivity index (χ4v) is 2.14. The van der Waals surface area contributed by atoms with Crippen LogP contribution in [-0.4, -0.2) is 18.3 Å². The van der Waals surface area contributed by atoms with E-state index in [9.17, 15) is 4.79 Å². The number of hydrogen-bond acceptors (Lipinski definition) is 1. The molecule has 0 aromatic rings. The maximum absolute atomic E-state index is 11.9. The fourth-order valence-electron chi connectivity index (χ4n) is 1.99. The van der Waals surface area contributed by atoms with Gasteiger partial charge in [0, 0.05) is 18.3 Å². The molecule has 0 saturated carbocycles. The van der Waals surface area contributed by atoms with E-state index in [0.29, 0.717) is 11.8 Å². The number of hydrogen-bond donors (Lipinski definition) is 1. The van der Waals surface area contributed by atoms with Gasteiger partial charge in [0.2, 0.25) is 5.91 Å². The van der Waals surface area contributed by atoms with E-state index in [1.807, 2.05) is 0 Å². The summed E-state index contributed by atoms with van der Waals surface area (Å²) in [6.45, 7) is 7.21. The average Bonchev–Trinajstić information content (AvgIpc) is 2.33. The standard InChI is InChI=1S/C14H28ClNO/c1-4-7-13(8-5-2)14(17)16-10-6-9-12(3)11-15/h12-13H,4-11H2,1-3H3,(H,16,17). The monoisotopic (exact) mass is 261 g/mol. The SMILES string of the molecule is CCCC(CCC)C(=O)NCCCC(C)CCl. The molecule has 0 rings (SSSR count). The van der Waals surface area contributed by atoms with Crippen LogP contribution >= 0.6 is 11.6 Å². The second-order valence-corrected chi connectivity index (χ2v) is 5.28. The van der Waals surface area contributed by atoms with Crippen LogP contribution in [0.5, 0.6) is 0 Å². The van der Waals surface area contributed by atoms with E-state index >= 15 is 0 Å². The third-order valence-corrected chi connectivity index (χ3v) is 3.61. The van der Waals surface area contributed by atoms with E-state index in [-0.39, 0.29) is 11.8 Å². The molecule has 0 bridgehead atoms. The number of alkyl halides is 1. The highest BCUT2D eigenvalue weighted by atomic mass is 35.5. The van der Waals surface area contributed by atoms with Crippen LogP contribution in [0.15, 0.2) is 0 Å². The van der Waals surface area contributed by atoms with Crippen molar-refractivity contribution in [3.05, 3.63) is 0 Å². The van der Waals surface area contributed by atoms with E-state index in [4.69, 9.17) is 11.6 Å². The van der Waals surface area contributed by atoms with Gasteiger partial charge >= 0.3 is 0 Å². The van der Waals surface area contributed by atoms with Gasteiger partial charge in [-0.2, -0.15) is 0 Å². The van der Waals surface area contributed by atoms with Crippen LogP contribution in [-0.2, 0) is 4.79 Å². The number of halogens is 1. The second kappa shape index (κ2) is 10.9. The molecule has 1 unspecified atom stereocenters. The molecule has 0 aliphatic rings. The predicted molar refractivity (Wildman–Crippen MR) is 75.4 cm³/mol. The van der Waals surface area contributed by atoms with Crippen molar-refractivity contribution in [2.24, 2.45) is 11.8 Å². The minimum Gasteiger partial charge on any atom is -0.356 e. The molecule has 1 amide bonds. The molecular formula is C14H28ClNO. The van der Waals surface area contributed by atoms with Crippen LogP contribution in [0.3, 0.4) is 0 Å². The van der Waals surface area contributed by atoms with Gasteiger partial charge in [0.05, 0.1) is 0 Å². The first kappa shape index (κ1) is 16.8. The van der Waals surface area contributed by atoms with E-state index in [0.717, 1.165) is 45.1 Å². The van der Waals surface area contributed by atoms with Crippen molar-refractivity contribution in [2.45, 2.75) is 59.3 Å². The summed E-state index contributed by atoms with van der Waals surface area (Å²) >= 11 is 5.74. The summed E-state index contributed by atoms with van der Waals surface area (Å²) in [4.78, 5) is 11.9. The van der Waals surface area contributed by atoms with Crippen LogP contribution in [0.2, 0.25) is 0 Å². The number of carbonyl (C=O) groups is 1. The minimum absolute atomic E-state index is 0.218. The Hall–Kier alpha value is -0.240. The highest BCUT2D eigenvalue weighted by molar-refractivity contribution is 6.18. The van der Waals surface area contributed by atoms with Crippen molar-refractivity contribution in [1.82, 2.24) is 5.32 Å². The smallest absolute Gasteiger partial charge is 0.223 e. The van der Waals surface area contributed by atoms with Gasteiger partial charge in [0.1, 0.15) is 0 Å². The maximum Gasteiger partial charge on any atom is 0.223 e.